The molecule has 0 bridgehead atoms. The van der Waals surface area contributed by atoms with E-state index in [0.717, 1.165) is 29.5 Å². The van der Waals surface area contributed by atoms with Crippen LogP contribution in [-0.4, -0.2) is 37.0 Å². The number of aromatic nitrogens is 4. The number of nitrogens with zero attached hydrogens (tertiary/aromatic N) is 4. The monoisotopic (exact) mass is 367 g/mol. The van der Waals surface area contributed by atoms with Gasteiger partial charge in [0, 0.05) is 31.7 Å². The van der Waals surface area contributed by atoms with Crippen molar-refractivity contribution in [3.8, 4) is 11.6 Å². The third-order valence-electron chi connectivity index (χ3n) is 4.21. The van der Waals surface area contributed by atoms with Crippen LogP contribution in [0.1, 0.15) is 24.5 Å². The highest BCUT2D eigenvalue weighted by atomic mass is 16.3. The number of imidazole rings is 1. The quantitative estimate of drug-likeness (QED) is 0.488. The highest BCUT2D eigenvalue weighted by molar-refractivity contribution is 5.82. The molecule has 0 aliphatic rings. The van der Waals surface area contributed by atoms with Crippen molar-refractivity contribution in [1.82, 2.24) is 19.1 Å². The van der Waals surface area contributed by atoms with Gasteiger partial charge < -0.3 is 9.67 Å². The van der Waals surface area contributed by atoms with Gasteiger partial charge in [0.1, 0.15) is 5.56 Å². The van der Waals surface area contributed by atoms with Gasteiger partial charge in [0.25, 0.3) is 5.56 Å². The topological polar surface area (TPSA) is 105 Å². The Morgan fingerprint density at radius 2 is 2.04 bits per heavy atom. The average molecular weight is 367 g/mol. The number of aliphatic imine (C=N–C) groups is 1. The minimum absolute atomic E-state index is 0.0446. The Morgan fingerprint density at radius 3 is 2.70 bits per heavy atom. The molecule has 0 spiro atoms. The summed E-state index contributed by atoms with van der Waals surface area (Å²) >= 11 is 0. The third kappa shape index (κ3) is 4.22. The number of nitrogens with one attached hydrogen (secondary N) is 1. The summed E-state index contributed by atoms with van der Waals surface area (Å²) in [4.78, 5) is 34.6. The van der Waals surface area contributed by atoms with Crippen LogP contribution in [0.5, 0.6) is 5.88 Å². The highest BCUT2D eigenvalue weighted by Gasteiger charge is 2.14. The molecule has 0 saturated heterocycles. The van der Waals surface area contributed by atoms with Crippen molar-refractivity contribution in [2.24, 2.45) is 4.99 Å². The van der Waals surface area contributed by atoms with Crippen molar-refractivity contribution < 1.29 is 5.11 Å². The fourth-order valence-corrected chi connectivity index (χ4v) is 2.69. The lowest BCUT2D eigenvalue weighted by molar-refractivity contribution is 0.430. The van der Waals surface area contributed by atoms with E-state index in [9.17, 15) is 14.7 Å². The van der Waals surface area contributed by atoms with Crippen molar-refractivity contribution in [3.63, 3.8) is 0 Å². The van der Waals surface area contributed by atoms with Crippen LogP contribution in [0.15, 0.2) is 57.6 Å². The molecule has 0 aliphatic heterocycles. The van der Waals surface area contributed by atoms with E-state index in [1.165, 1.54) is 6.21 Å². The second kappa shape index (κ2) is 8.31. The molecule has 0 radical (unpaired) electrons. The molecule has 2 N–H and O–H groups in total. The molecular weight excluding hydrogens is 346 g/mol. The molecule has 8 heteroatoms. The molecule has 2 heterocycles. The Bertz CT molecular complexity index is 1030. The van der Waals surface area contributed by atoms with Crippen molar-refractivity contribution in [1.29, 1.82) is 0 Å². The van der Waals surface area contributed by atoms with Gasteiger partial charge in [0.15, 0.2) is 0 Å². The van der Waals surface area contributed by atoms with Crippen LogP contribution < -0.4 is 11.2 Å². The summed E-state index contributed by atoms with van der Waals surface area (Å²) in [6.45, 7) is 3.25. The number of benzene rings is 1. The summed E-state index contributed by atoms with van der Waals surface area (Å²) in [5.41, 5.74) is 0.171. The average Bonchev–Trinajstić information content (AvgIpc) is 3.17. The number of aromatic hydroxyl groups is 1. The molecule has 27 heavy (non-hydrogen) atoms. The zero-order chi connectivity index (χ0) is 19.2. The van der Waals surface area contributed by atoms with E-state index in [4.69, 9.17) is 0 Å². The molecule has 140 valence electrons. The smallest absolute Gasteiger partial charge is 0.335 e. The number of aromatic amines is 1. The Labute approximate surface area is 155 Å². The summed E-state index contributed by atoms with van der Waals surface area (Å²) in [6.07, 6.45) is 8.21. The number of hydrogen-bond donors (Lipinski definition) is 2. The van der Waals surface area contributed by atoms with Crippen molar-refractivity contribution in [3.05, 3.63) is 75.0 Å². The van der Waals surface area contributed by atoms with E-state index < -0.39 is 17.1 Å². The summed E-state index contributed by atoms with van der Waals surface area (Å²) in [7, 11) is 0. The van der Waals surface area contributed by atoms with E-state index >= 15 is 0 Å². The van der Waals surface area contributed by atoms with E-state index in [1.54, 1.807) is 24.7 Å². The second-order valence-corrected chi connectivity index (χ2v) is 6.04. The van der Waals surface area contributed by atoms with Gasteiger partial charge in [-0.2, -0.15) is 0 Å². The first-order chi connectivity index (χ1) is 13.1. The van der Waals surface area contributed by atoms with Crippen LogP contribution in [0.4, 0.5) is 0 Å². The van der Waals surface area contributed by atoms with Gasteiger partial charge in [0.05, 0.1) is 12.0 Å². The normalized spacial score (nSPS) is 11.3. The van der Waals surface area contributed by atoms with Crippen molar-refractivity contribution >= 4 is 6.21 Å². The predicted octanol–water partition coefficient (Wildman–Crippen LogP) is 1.50. The fourth-order valence-electron chi connectivity index (χ4n) is 2.69. The zero-order valence-corrected chi connectivity index (χ0v) is 15.0. The van der Waals surface area contributed by atoms with E-state index in [-0.39, 0.29) is 5.56 Å². The van der Waals surface area contributed by atoms with Crippen LogP contribution in [-0.2, 0) is 13.0 Å². The van der Waals surface area contributed by atoms with Crippen LogP contribution >= 0.6 is 0 Å². The number of rotatable bonds is 7. The molecule has 0 unspecified atom stereocenters. The maximum atomic E-state index is 12.2. The van der Waals surface area contributed by atoms with Crippen molar-refractivity contribution in [2.75, 3.05) is 6.54 Å². The minimum atomic E-state index is -0.695. The molecule has 0 atom stereocenters. The Hall–Kier alpha value is -3.42. The molecule has 2 aromatic heterocycles. The maximum absolute atomic E-state index is 12.2. The molecule has 3 aromatic rings. The van der Waals surface area contributed by atoms with Gasteiger partial charge in [-0.05, 0) is 30.5 Å². The summed E-state index contributed by atoms with van der Waals surface area (Å²) in [5.74, 6) is -0.425. The SMILES string of the molecule is CCc1ccc(-n2c(O)c(C=NCCCn3ccnc3)c(=O)[nH]c2=O)cc1. The Balaban J connectivity index is 1.81. The fraction of sp³-hybridized carbons (Fsp3) is 0.263. The zero-order valence-electron chi connectivity index (χ0n) is 15.0. The molecule has 0 amide bonds. The first kappa shape index (κ1) is 18.4. The molecule has 1 aromatic carbocycles. The molecule has 3 rings (SSSR count). The lowest BCUT2D eigenvalue weighted by Gasteiger charge is -2.10. The summed E-state index contributed by atoms with van der Waals surface area (Å²) < 4.78 is 2.99. The lowest BCUT2D eigenvalue weighted by Crippen LogP contribution is -2.31. The largest absolute Gasteiger partial charge is 0.493 e. The van der Waals surface area contributed by atoms with Gasteiger partial charge in [-0.1, -0.05) is 19.1 Å². The van der Waals surface area contributed by atoms with E-state index in [2.05, 4.69) is 15.0 Å². The van der Waals surface area contributed by atoms with Gasteiger partial charge in [-0.25, -0.2) is 14.3 Å². The summed E-state index contributed by atoms with van der Waals surface area (Å²) in [5, 5.41) is 10.5. The molecule has 0 fully saturated rings. The van der Waals surface area contributed by atoms with Gasteiger partial charge >= 0.3 is 5.69 Å². The number of H-pyrrole nitrogens is 1. The number of hydrogen-bond acceptors (Lipinski definition) is 5. The van der Waals surface area contributed by atoms with Crippen LogP contribution in [0.25, 0.3) is 5.69 Å². The van der Waals surface area contributed by atoms with Crippen LogP contribution in [0.3, 0.4) is 0 Å². The third-order valence-corrected chi connectivity index (χ3v) is 4.21. The van der Waals surface area contributed by atoms with Crippen LogP contribution in [0, 0.1) is 0 Å². The van der Waals surface area contributed by atoms with Crippen LogP contribution in [0.2, 0.25) is 0 Å². The highest BCUT2D eigenvalue weighted by Crippen LogP contribution is 2.16. The number of aryl methyl sites for hydroxylation is 2. The van der Waals surface area contributed by atoms with Gasteiger partial charge in [-0.15, -0.1) is 0 Å². The van der Waals surface area contributed by atoms with Crippen molar-refractivity contribution in [2.45, 2.75) is 26.3 Å². The van der Waals surface area contributed by atoms with E-state index in [0.29, 0.717) is 12.2 Å². The Kier molecular flexibility index (Phi) is 5.65. The molecule has 8 nitrogen and oxygen atoms in total. The molecular formula is C19H21N5O3. The standard InChI is InChI=1S/C19H21N5O3/c1-2-14-4-6-15(7-5-14)24-18(26)16(17(25)22-19(24)27)12-20-8-3-10-23-11-9-21-13-23/h4-7,9,11-13,26H,2-3,8,10H2,1H3,(H,22,25,27). The minimum Gasteiger partial charge on any atom is -0.493 e. The molecule has 0 aliphatic carbocycles. The first-order valence-electron chi connectivity index (χ1n) is 8.73. The van der Waals surface area contributed by atoms with Gasteiger partial charge in [-0.3, -0.25) is 14.8 Å². The predicted molar refractivity (Wildman–Crippen MR) is 103 cm³/mol. The molecule has 0 saturated carbocycles. The van der Waals surface area contributed by atoms with E-state index in [1.807, 2.05) is 29.8 Å². The first-order valence-corrected chi connectivity index (χ1v) is 8.73. The Morgan fingerprint density at radius 1 is 1.26 bits per heavy atom. The summed E-state index contributed by atoms with van der Waals surface area (Å²) in [6, 6.07) is 7.20. The van der Waals surface area contributed by atoms with Gasteiger partial charge in [0.2, 0.25) is 5.88 Å². The lowest BCUT2D eigenvalue weighted by atomic mass is 10.1. The second-order valence-electron chi connectivity index (χ2n) is 6.04. The maximum Gasteiger partial charge on any atom is 0.335 e.